The molecule has 0 rings (SSSR count). The van der Waals surface area contributed by atoms with Gasteiger partial charge in [-0.3, -0.25) is 32.5 Å². The number of esters is 3. The van der Waals surface area contributed by atoms with Crippen LogP contribution in [0.1, 0.15) is 290 Å². The summed E-state index contributed by atoms with van der Waals surface area (Å²) in [6.07, 6.45) is 81.1. The molecule has 546 valence electrons. The molecule has 0 heterocycles. The summed E-state index contributed by atoms with van der Waals surface area (Å²) < 4.78 is 61.0. The van der Waals surface area contributed by atoms with Gasteiger partial charge < -0.3 is 34.2 Å². The van der Waals surface area contributed by atoms with Gasteiger partial charge in [-0.15, -0.1) is 0 Å². The van der Waals surface area contributed by atoms with Gasteiger partial charge >= 0.3 is 33.6 Å². The van der Waals surface area contributed by atoms with Crippen molar-refractivity contribution in [3.05, 3.63) is 122 Å². The largest absolute Gasteiger partial charge is 0.472 e. The van der Waals surface area contributed by atoms with Gasteiger partial charge in [-0.1, -0.05) is 264 Å². The Bertz CT molecular complexity index is 2210. The first-order chi connectivity index (χ1) is 46.2. The van der Waals surface area contributed by atoms with E-state index in [9.17, 15) is 43.5 Å². The molecule has 0 aromatic rings. The summed E-state index contributed by atoms with van der Waals surface area (Å²) in [6.45, 7) is 2.41. The van der Waals surface area contributed by atoms with Gasteiger partial charge in [0.25, 0.3) is 0 Å². The van der Waals surface area contributed by atoms with Crippen LogP contribution in [-0.2, 0) is 55.8 Å². The van der Waals surface area contributed by atoms with Crippen molar-refractivity contribution in [2.24, 2.45) is 0 Å². The molecule has 0 spiro atoms. The summed E-state index contributed by atoms with van der Waals surface area (Å²) in [4.78, 5) is 58.5. The molecule has 4 N–H and O–H groups in total. The Balaban J connectivity index is 4.56. The van der Waals surface area contributed by atoms with Crippen molar-refractivity contribution in [2.75, 3.05) is 39.6 Å². The smallest absolute Gasteiger partial charge is 0.463 e. The number of unbranched alkanes of at least 4 members (excludes halogenated alkanes) is 26. The maximum absolute atomic E-state index is 12.9. The molecule has 0 saturated carbocycles. The van der Waals surface area contributed by atoms with Crippen LogP contribution in [0.15, 0.2) is 122 Å². The third kappa shape index (κ3) is 71.1. The summed E-state index contributed by atoms with van der Waals surface area (Å²) >= 11 is 0. The fourth-order valence-electron chi connectivity index (χ4n) is 9.58. The molecule has 5 atom stereocenters. The van der Waals surface area contributed by atoms with Gasteiger partial charge in [0, 0.05) is 19.3 Å². The minimum atomic E-state index is -4.93. The summed E-state index contributed by atoms with van der Waals surface area (Å²) in [6, 6.07) is 0. The van der Waals surface area contributed by atoms with Crippen molar-refractivity contribution in [3.8, 4) is 0 Å². The lowest BCUT2D eigenvalue weighted by Crippen LogP contribution is -2.30. The third-order valence-electron chi connectivity index (χ3n) is 15.2. The lowest BCUT2D eigenvalue weighted by Gasteiger charge is -2.21. The first-order valence-electron chi connectivity index (χ1n) is 36.8. The SMILES string of the molecule is CC/C=C\C/C=C\C/C=C\C/C=C\C/C=C\CCCCCCCCCCCCCC(=O)OCC(O)COP(=O)(O)OCC(O)COP(=O)(O)OCC(COC(=O)CCCCCC/C=C\C/C=C\C/C=C\C/C=C\CC)OC(=O)CCCCCCC/C=C\CCCCCCCC. The molecular weight excluding hydrogens is 1240 g/mol. The number of hydrogen-bond donors (Lipinski definition) is 4. The first kappa shape index (κ1) is 91.0. The maximum Gasteiger partial charge on any atom is 0.472 e. The second-order valence-corrected chi connectivity index (χ2v) is 27.2. The minimum absolute atomic E-state index is 0.0876. The molecule has 0 saturated heterocycles. The highest BCUT2D eigenvalue weighted by Crippen LogP contribution is 2.45. The van der Waals surface area contributed by atoms with E-state index in [0.29, 0.717) is 19.3 Å². The summed E-state index contributed by atoms with van der Waals surface area (Å²) in [5, 5.41) is 20.6. The predicted octanol–water partition coefficient (Wildman–Crippen LogP) is 21.0. The molecule has 0 radical (unpaired) electrons. The average molecular weight is 1380 g/mol. The van der Waals surface area contributed by atoms with Crippen LogP contribution in [0.4, 0.5) is 0 Å². The molecule has 0 aliphatic heterocycles. The zero-order valence-electron chi connectivity index (χ0n) is 59.3. The lowest BCUT2D eigenvalue weighted by atomic mass is 10.0. The molecule has 0 aliphatic rings. The predicted molar refractivity (Wildman–Crippen MR) is 390 cm³/mol. The van der Waals surface area contributed by atoms with E-state index in [2.05, 4.69) is 142 Å². The molecule has 0 bridgehead atoms. The number of aliphatic hydroxyl groups is 2. The van der Waals surface area contributed by atoms with Crippen LogP contribution in [0.3, 0.4) is 0 Å². The number of phosphoric acid groups is 2. The number of aliphatic hydroxyl groups excluding tert-OH is 2. The molecule has 16 nitrogen and oxygen atoms in total. The number of carbonyl (C=O) groups is 3. The number of allylic oxidation sites excluding steroid dienone is 20. The quantitative estimate of drug-likeness (QED) is 0.0146. The molecule has 0 aliphatic carbocycles. The van der Waals surface area contributed by atoms with E-state index >= 15 is 0 Å². The van der Waals surface area contributed by atoms with Gasteiger partial charge in [-0.25, -0.2) is 9.13 Å². The van der Waals surface area contributed by atoms with E-state index in [0.717, 1.165) is 148 Å². The molecule has 0 amide bonds. The molecule has 5 unspecified atom stereocenters. The van der Waals surface area contributed by atoms with Gasteiger partial charge in [0.2, 0.25) is 0 Å². The number of carbonyl (C=O) groups excluding carboxylic acids is 3. The first-order valence-corrected chi connectivity index (χ1v) is 39.8. The number of ether oxygens (including phenoxy) is 3. The number of hydrogen-bond acceptors (Lipinski definition) is 14. The van der Waals surface area contributed by atoms with E-state index in [1.54, 1.807) is 0 Å². The van der Waals surface area contributed by atoms with Crippen molar-refractivity contribution in [3.63, 3.8) is 0 Å². The third-order valence-corrected chi connectivity index (χ3v) is 17.1. The summed E-state index contributed by atoms with van der Waals surface area (Å²) in [5.74, 6) is -1.61. The van der Waals surface area contributed by atoms with E-state index in [4.69, 9.17) is 32.3 Å². The molecule has 95 heavy (non-hydrogen) atoms. The highest BCUT2D eigenvalue weighted by atomic mass is 31.2. The minimum Gasteiger partial charge on any atom is -0.463 e. The Kier molecular flexibility index (Phi) is 66.9. The van der Waals surface area contributed by atoms with Crippen molar-refractivity contribution in [2.45, 2.75) is 309 Å². The Labute approximate surface area is 576 Å². The van der Waals surface area contributed by atoms with E-state index in [1.165, 1.54) is 83.5 Å². The van der Waals surface area contributed by atoms with Crippen LogP contribution in [-0.4, -0.2) is 95.9 Å². The standard InChI is InChI=1S/C77H132O16P2/c1-4-7-10-13-16-19-22-25-28-30-31-32-33-34-35-36-37-38-39-41-44-45-48-51-54-57-60-63-75(80)87-66-72(78)67-89-94(83,84)90-68-73(79)69-91-95(85,86)92-71-74(93-77(82)65-62-59-56-53-50-47-42-27-24-21-18-15-12-9-6-3)70-88-76(81)64-61-58-55-52-49-46-43-40-29-26-23-20-17-14-11-8-5-2/h7-8,10-11,16-17,19-20,25-29,31-32,34-35,42-43,46,72-74,78-79H,4-6,9,12-15,18,21-24,30,33,36-41,44-45,47-71H2,1-3H3,(H,83,84)(H,85,86)/b10-7-,11-8-,19-16-,20-17-,28-25-,29-26-,32-31-,35-34-,42-27-,46-43-. The second-order valence-electron chi connectivity index (χ2n) is 24.3. The van der Waals surface area contributed by atoms with Gasteiger partial charge in [-0.2, -0.15) is 0 Å². The van der Waals surface area contributed by atoms with Gasteiger partial charge in [0.05, 0.1) is 26.4 Å². The van der Waals surface area contributed by atoms with Crippen LogP contribution >= 0.6 is 15.6 Å². The summed E-state index contributed by atoms with van der Waals surface area (Å²) in [7, 11) is -9.79. The number of rotatable bonds is 69. The van der Waals surface area contributed by atoms with Gasteiger partial charge in [0.15, 0.2) is 6.10 Å². The topological polar surface area (TPSA) is 231 Å². The van der Waals surface area contributed by atoms with E-state index < -0.39 is 91.5 Å². The van der Waals surface area contributed by atoms with Crippen LogP contribution in [0.25, 0.3) is 0 Å². The van der Waals surface area contributed by atoms with Gasteiger partial charge in [-0.05, 0) is 128 Å². The zero-order chi connectivity index (χ0) is 69.5. The normalized spacial score (nSPS) is 14.8. The van der Waals surface area contributed by atoms with Crippen LogP contribution in [0.2, 0.25) is 0 Å². The molecule has 18 heteroatoms. The zero-order valence-corrected chi connectivity index (χ0v) is 61.1. The summed E-state index contributed by atoms with van der Waals surface area (Å²) in [5.41, 5.74) is 0. The molecule has 0 aromatic heterocycles. The van der Waals surface area contributed by atoms with Gasteiger partial charge in [0.1, 0.15) is 25.4 Å². The molecule has 0 fully saturated rings. The second kappa shape index (κ2) is 69.8. The average Bonchev–Trinajstić information content (AvgIpc) is 2.05. The highest BCUT2D eigenvalue weighted by Gasteiger charge is 2.29. The monoisotopic (exact) mass is 1370 g/mol. The Hall–Kier alpha value is -4.05. The van der Waals surface area contributed by atoms with Crippen molar-refractivity contribution < 1.29 is 75.8 Å². The molecule has 0 aromatic carbocycles. The number of phosphoric ester groups is 2. The van der Waals surface area contributed by atoms with Crippen LogP contribution < -0.4 is 0 Å². The van der Waals surface area contributed by atoms with E-state index in [1.807, 2.05) is 0 Å². The van der Waals surface area contributed by atoms with Crippen LogP contribution in [0.5, 0.6) is 0 Å². The Morgan fingerprint density at radius 1 is 0.305 bits per heavy atom. The van der Waals surface area contributed by atoms with Crippen molar-refractivity contribution in [1.82, 2.24) is 0 Å². The van der Waals surface area contributed by atoms with Crippen molar-refractivity contribution in [1.29, 1.82) is 0 Å². The maximum atomic E-state index is 12.9. The molecular formula is C77H132O16P2. The fourth-order valence-corrected chi connectivity index (χ4v) is 11.2. The van der Waals surface area contributed by atoms with Crippen LogP contribution in [0, 0.1) is 0 Å². The van der Waals surface area contributed by atoms with Crippen molar-refractivity contribution >= 4 is 33.6 Å². The van der Waals surface area contributed by atoms with E-state index in [-0.39, 0.29) is 19.3 Å². The lowest BCUT2D eigenvalue weighted by molar-refractivity contribution is -0.161. The Morgan fingerprint density at radius 2 is 0.558 bits per heavy atom. The Morgan fingerprint density at radius 3 is 0.895 bits per heavy atom. The highest BCUT2D eigenvalue weighted by molar-refractivity contribution is 7.47. The fraction of sp³-hybridized carbons (Fsp3) is 0.701.